The van der Waals surface area contributed by atoms with E-state index in [1.54, 1.807) is 0 Å². The second kappa shape index (κ2) is 5.08. The quantitative estimate of drug-likeness (QED) is 0.767. The fourth-order valence-corrected chi connectivity index (χ4v) is 1.75. The van der Waals surface area contributed by atoms with E-state index in [0.29, 0.717) is 6.54 Å². The van der Waals surface area contributed by atoms with E-state index in [1.807, 2.05) is 31.2 Å². The number of carbonyl (C=O) groups is 2. The van der Waals surface area contributed by atoms with Crippen molar-refractivity contribution in [2.24, 2.45) is 0 Å². The summed E-state index contributed by atoms with van der Waals surface area (Å²) in [5.74, 6) is -0.375. The van der Waals surface area contributed by atoms with Crippen LogP contribution < -0.4 is 4.90 Å². The number of esters is 1. The highest BCUT2D eigenvalue weighted by Crippen LogP contribution is 2.22. The minimum absolute atomic E-state index is 0.101. The van der Waals surface area contributed by atoms with E-state index in [0.717, 1.165) is 11.3 Å². The summed E-state index contributed by atoms with van der Waals surface area (Å²) in [7, 11) is 0. The van der Waals surface area contributed by atoms with Crippen molar-refractivity contribution < 1.29 is 19.1 Å². The van der Waals surface area contributed by atoms with Crippen molar-refractivity contribution in [2.75, 3.05) is 18.1 Å². The standard InChI is InChI=1S/C13H15NO4/c1-9-3-5-11(6-4-9)14-7-12(18-13(14)16)8-17-10(2)15/h3-6,12H,7-8H2,1-2H3/t12-/m1/s1. The molecule has 1 aliphatic rings. The van der Waals surface area contributed by atoms with Gasteiger partial charge in [0.25, 0.3) is 0 Å². The maximum atomic E-state index is 11.7. The van der Waals surface area contributed by atoms with Gasteiger partial charge < -0.3 is 9.47 Å². The molecule has 0 bridgehead atoms. The van der Waals surface area contributed by atoms with Crippen LogP contribution in [0.25, 0.3) is 0 Å². The molecule has 1 atom stereocenters. The predicted molar refractivity (Wildman–Crippen MR) is 65.4 cm³/mol. The van der Waals surface area contributed by atoms with E-state index in [1.165, 1.54) is 11.8 Å². The van der Waals surface area contributed by atoms with Crippen molar-refractivity contribution in [1.82, 2.24) is 0 Å². The molecule has 0 N–H and O–H groups in total. The third kappa shape index (κ3) is 2.80. The molecule has 0 aromatic heterocycles. The van der Waals surface area contributed by atoms with E-state index in [-0.39, 0.29) is 12.6 Å². The molecule has 5 heteroatoms. The molecule has 1 saturated heterocycles. The van der Waals surface area contributed by atoms with Crippen molar-refractivity contribution in [2.45, 2.75) is 20.0 Å². The van der Waals surface area contributed by atoms with Gasteiger partial charge in [0.2, 0.25) is 0 Å². The number of anilines is 1. The first-order chi connectivity index (χ1) is 8.56. The Bertz CT molecular complexity index is 455. The Kier molecular flexibility index (Phi) is 3.50. The van der Waals surface area contributed by atoms with E-state index in [4.69, 9.17) is 9.47 Å². The number of carbonyl (C=O) groups excluding carboxylic acids is 2. The van der Waals surface area contributed by atoms with Gasteiger partial charge in [-0.15, -0.1) is 0 Å². The summed E-state index contributed by atoms with van der Waals surface area (Å²) in [4.78, 5) is 23.9. The molecule has 1 amide bonds. The summed E-state index contributed by atoms with van der Waals surface area (Å²) in [6, 6.07) is 7.60. The molecule has 1 fully saturated rings. The largest absolute Gasteiger partial charge is 0.462 e. The number of aryl methyl sites for hydroxylation is 1. The van der Waals surface area contributed by atoms with Crippen LogP contribution in [0.15, 0.2) is 24.3 Å². The third-order valence-electron chi connectivity index (χ3n) is 2.69. The Labute approximate surface area is 105 Å². The first-order valence-corrected chi connectivity index (χ1v) is 5.74. The smallest absolute Gasteiger partial charge is 0.414 e. The van der Waals surface area contributed by atoms with Gasteiger partial charge in [-0.05, 0) is 19.1 Å². The molecule has 18 heavy (non-hydrogen) atoms. The molecular weight excluding hydrogens is 234 g/mol. The average molecular weight is 249 g/mol. The van der Waals surface area contributed by atoms with Gasteiger partial charge in [-0.25, -0.2) is 4.79 Å². The second-order valence-electron chi connectivity index (χ2n) is 4.25. The monoisotopic (exact) mass is 249 g/mol. The lowest BCUT2D eigenvalue weighted by atomic mass is 10.2. The molecule has 2 rings (SSSR count). The molecule has 5 nitrogen and oxygen atoms in total. The first kappa shape index (κ1) is 12.4. The number of hydrogen-bond acceptors (Lipinski definition) is 4. The number of amides is 1. The first-order valence-electron chi connectivity index (χ1n) is 5.74. The van der Waals surface area contributed by atoms with Crippen LogP contribution in [0.5, 0.6) is 0 Å². The topological polar surface area (TPSA) is 55.8 Å². The zero-order chi connectivity index (χ0) is 13.1. The van der Waals surface area contributed by atoms with Crippen LogP contribution in [0.4, 0.5) is 10.5 Å². The fraction of sp³-hybridized carbons (Fsp3) is 0.385. The van der Waals surface area contributed by atoms with Crippen molar-refractivity contribution in [3.8, 4) is 0 Å². The Morgan fingerprint density at radius 1 is 1.44 bits per heavy atom. The molecule has 0 aliphatic carbocycles. The van der Waals surface area contributed by atoms with Crippen molar-refractivity contribution in [1.29, 1.82) is 0 Å². The molecular formula is C13H15NO4. The van der Waals surface area contributed by atoms with E-state index >= 15 is 0 Å². The van der Waals surface area contributed by atoms with Crippen LogP contribution in [0.1, 0.15) is 12.5 Å². The third-order valence-corrected chi connectivity index (χ3v) is 2.69. The van der Waals surface area contributed by atoms with Gasteiger partial charge in [-0.3, -0.25) is 9.69 Å². The molecule has 0 radical (unpaired) electrons. The molecule has 0 unspecified atom stereocenters. The number of rotatable bonds is 3. The minimum Gasteiger partial charge on any atom is -0.462 e. The van der Waals surface area contributed by atoms with Gasteiger partial charge in [0.15, 0.2) is 6.10 Å². The SMILES string of the molecule is CC(=O)OC[C@H]1CN(c2ccc(C)cc2)C(=O)O1. The van der Waals surface area contributed by atoms with E-state index in [9.17, 15) is 9.59 Å². The van der Waals surface area contributed by atoms with Crippen LogP contribution in [0.3, 0.4) is 0 Å². The Morgan fingerprint density at radius 2 is 2.11 bits per heavy atom. The summed E-state index contributed by atoms with van der Waals surface area (Å²) in [5, 5.41) is 0. The Balaban J connectivity index is 2.00. The highest BCUT2D eigenvalue weighted by molar-refractivity contribution is 5.89. The van der Waals surface area contributed by atoms with Crippen LogP contribution in [-0.2, 0) is 14.3 Å². The summed E-state index contributed by atoms with van der Waals surface area (Å²) < 4.78 is 9.95. The van der Waals surface area contributed by atoms with Crippen LogP contribution in [0, 0.1) is 6.92 Å². The van der Waals surface area contributed by atoms with Gasteiger partial charge in [0, 0.05) is 12.6 Å². The van der Waals surface area contributed by atoms with Crippen molar-refractivity contribution >= 4 is 17.7 Å². The molecule has 0 spiro atoms. The highest BCUT2D eigenvalue weighted by Gasteiger charge is 2.32. The van der Waals surface area contributed by atoms with Gasteiger partial charge >= 0.3 is 12.1 Å². The molecule has 1 aromatic rings. The maximum Gasteiger partial charge on any atom is 0.414 e. The van der Waals surface area contributed by atoms with Gasteiger partial charge in [-0.2, -0.15) is 0 Å². The molecule has 1 heterocycles. The number of hydrogen-bond donors (Lipinski definition) is 0. The lowest BCUT2D eigenvalue weighted by Gasteiger charge is -2.12. The summed E-state index contributed by atoms with van der Waals surface area (Å²) in [6.07, 6.45) is -0.807. The molecule has 0 saturated carbocycles. The number of nitrogens with zero attached hydrogens (tertiary/aromatic N) is 1. The van der Waals surface area contributed by atoms with Crippen molar-refractivity contribution in [3.05, 3.63) is 29.8 Å². The summed E-state index contributed by atoms with van der Waals surface area (Å²) in [6.45, 7) is 3.81. The second-order valence-corrected chi connectivity index (χ2v) is 4.25. The van der Waals surface area contributed by atoms with Crippen LogP contribution in [0.2, 0.25) is 0 Å². The van der Waals surface area contributed by atoms with E-state index < -0.39 is 12.2 Å². The van der Waals surface area contributed by atoms with E-state index in [2.05, 4.69) is 0 Å². The minimum atomic E-state index is -0.406. The fourth-order valence-electron chi connectivity index (χ4n) is 1.75. The summed E-state index contributed by atoms with van der Waals surface area (Å²) >= 11 is 0. The average Bonchev–Trinajstić information content (AvgIpc) is 2.69. The van der Waals surface area contributed by atoms with Gasteiger partial charge in [0.1, 0.15) is 6.61 Å². The summed E-state index contributed by atoms with van der Waals surface area (Å²) in [5.41, 5.74) is 1.92. The van der Waals surface area contributed by atoms with Crippen LogP contribution >= 0.6 is 0 Å². The highest BCUT2D eigenvalue weighted by atomic mass is 16.6. The van der Waals surface area contributed by atoms with Gasteiger partial charge in [-0.1, -0.05) is 17.7 Å². The predicted octanol–water partition coefficient (Wildman–Crippen LogP) is 1.88. The zero-order valence-electron chi connectivity index (χ0n) is 10.4. The Hall–Kier alpha value is -2.04. The Morgan fingerprint density at radius 3 is 2.72 bits per heavy atom. The lowest BCUT2D eigenvalue weighted by molar-refractivity contribution is -0.143. The lowest BCUT2D eigenvalue weighted by Crippen LogP contribution is -2.26. The number of benzene rings is 1. The normalized spacial score (nSPS) is 18.7. The number of cyclic esters (lactones) is 1. The van der Waals surface area contributed by atoms with Crippen molar-refractivity contribution in [3.63, 3.8) is 0 Å². The molecule has 1 aliphatic heterocycles. The number of ether oxygens (including phenoxy) is 2. The van der Waals surface area contributed by atoms with Gasteiger partial charge in [0.05, 0.1) is 6.54 Å². The maximum absolute atomic E-state index is 11.7. The van der Waals surface area contributed by atoms with Crippen LogP contribution in [-0.4, -0.2) is 31.3 Å². The molecule has 96 valence electrons. The molecule has 1 aromatic carbocycles. The zero-order valence-corrected chi connectivity index (χ0v) is 10.4.